The third-order valence-corrected chi connectivity index (χ3v) is 3.69. The molecule has 0 saturated heterocycles. The smallest absolute Gasteiger partial charge is 0.315 e. The van der Waals surface area contributed by atoms with E-state index in [1.54, 1.807) is 0 Å². The molecule has 1 aromatic heterocycles. The van der Waals surface area contributed by atoms with Gasteiger partial charge in [0.1, 0.15) is 5.41 Å². The van der Waals surface area contributed by atoms with E-state index in [4.69, 9.17) is 11.6 Å². The molecule has 1 aliphatic carbocycles. The molecule has 0 amide bonds. The maximum atomic E-state index is 13.2. The summed E-state index contributed by atoms with van der Waals surface area (Å²) in [5.74, 6) is -3.88. The summed E-state index contributed by atoms with van der Waals surface area (Å²) in [6.07, 6.45) is 0.273. The second kappa shape index (κ2) is 4.46. The SMILES string of the molecule is O=C(O)C1(c2ccc(Cl)cn2)CCC(F)(F)CC1. The molecule has 0 atom stereocenters. The molecule has 0 spiro atoms. The second-order valence-corrected chi connectivity index (χ2v) is 5.04. The van der Waals surface area contributed by atoms with E-state index in [9.17, 15) is 18.7 Å². The van der Waals surface area contributed by atoms with Crippen LogP contribution in [0.2, 0.25) is 5.02 Å². The lowest BCUT2D eigenvalue weighted by molar-refractivity contribution is -0.149. The molecule has 0 unspecified atom stereocenters. The molecular formula is C12H12ClF2NO2. The first-order chi connectivity index (χ1) is 8.36. The van der Waals surface area contributed by atoms with E-state index in [1.807, 2.05) is 0 Å². The van der Waals surface area contributed by atoms with Crippen LogP contribution in [0.15, 0.2) is 18.3 Å². The molecule has 1 fully saturated rings. The molecule has 3 nitrogen and oxygen atoms in total. The molecule has 0 radical (unpaired) electrons. The van der Waals surface area contributed by atoms with Crippen molar-refractivity contribution >= 4 is 17.6 Å². The number of alkyl halides is 2. The van der Waals surface area contributed by atoms with E-state index in [-0.39, 0.29) is 12.8 Å². The van der Waals surface area contributed by atoms with Crippen LogP contribution in [0.1, 0.15) is 31.4 Å². The van der Waals surface area contributed by atoms with Gasteiger partial charge in [-0.3, -0.25) is 9.78 Å². The van der Waals surface area contributed by atoms with E-state index in [2.05, 4.69) is 4.98 Å². The Labute approximate surface area is 108 Å². The Hall–Kier alpha value is -1.23. The highest BCUT2D eigenvalue weighted by Crippen LogP contribution is 2.45. The van der Waals surface area contributed by atoms with Crippen LogP contribution < -0.4 is 0 Å². The molecule has 0 aliphatic heterocycles. The number of pyridine rings is 1. The van der Waals surface area contributed by atoms with Crippen molar-refractivity contribution in [2.75, 3.05) is 0 Å². The third-order valence-electron chi connectivity index (χ3n) is 3.46. The predicted octanol–water partition coefficient (Wildman–Crippen LogP) is 3.27. The van der Waals surface area contributed by atoms with Crippen molar-refractivity contribution in [3.05, 3.63) is 29.0 Å². The van der Waals surface area contributed by atoms with Gasteiger partial charge in [0.2, 0.25) is 5.92 Å². The molecule has 1 aliphatic rings. The zero-order valence-corrected chi connectivity index (χ0v) is 10.3. The molecular weight excluding hydrogens is 264 g/mol. The summed E-state index contributed by atoms with van der Waals surface area (Å²) in [7, 11) is 0. The molecule has 1 heterocycles. The molecule has 2 rings (SSSR count). The summed E-state index contributed by atoms with van der Waals surface area (Å²) >= 11 is 5.69. The van der Waals surface area contributed by atoms with Crippen molar-refractivity contribution in [1.29, 1.82) is 0 Å². The average Bonchev–Trinajstić information content (AvgIpc) is 2.30. The van der Waals surface area contributed by atoms with Crippen LogP contribution in [0.4, 0.5) is 8.78 Å². The van der Waals surface area contributed by atoms with E-state index in [1.165, 1.54) is 18.3 Å². The number of hydrogen-bond donors (Lipinski definition) is 1. The zero-order valence-electron chi connectivity index (χ0n) is 9.50. The highest BCUT2D eigenvalue weighted by molar-refractivity contribution is 6.30. The van der Waals surface area contributed by atoms with Gasteiger partial charge in [-0.2, -0.15) is 0 Å². The highest BCUT2D eigenvalue weighted by Gasteiger charge is 2.49. The standard InChI is InChI=1S/C12H12ClF2NO2/c13-8-1-2-9(16-7-8)11(10(17)18)3-5-12(14,15)6-4-11/h1-2,7H,3-6H2,(H,17,18). The van der Waals surface area contributed by atoms with Crippen LogP contribution in [-0.2, 0) is 10.2 Å². The Bertz CT molecular complexity index is 452. The Morgan fingerprint density at radius 1 is 1.28 bits per heavy atom. The molecule has 0 aromatic carbocycles. The number of carboxylic acid groups (broad SMARTS) is 1. The third kappa shape index (κ3) is 2.32. The summed E-state index contributed by atoms with van der Waals surface area (Å²) in [6, 6.07) is 3.03. The number of hydrogen-bond acceptors (Lipinski definition) is 2. The van der Waals surface area contributed by atoms with Gasteiger partial charge in [-0.25, -0.2) is 8.78 Å². The summed E-state index contributed by atoms with van der Waals surface area (Å²) in [6.45, 7) is 0. The van der Waals surface area contributed by atoms with Gasteiger partial charge >= 0.3 is 5.97 Å². The summed E-state index contributed by atoms with van der Waals surface area (Å²) in [5.41, 5.74) is -1.01. The topological polar surface area (TPSA) is 50.2 Å². The second-order valence-electron chi connectivity index (χ2n) is 4.60. The number of rotatable bonds is 2. The van der Waals surface area contributed by atoms with Gasteiger partial charge in [0, 0.05) is 19.0 Å². The largest absolute Gasteiger partial charge is 0.481 e. The van der Waals surface area contributed by atoms with Crippen molar-refractivity contribution in [3.8, 4) is 0 Å². The van der Waals surface area contributed by atoms with Crippen molar-refractivity contribution in [2.24, 2.45) is 0 Å². The number of nitrogens with zero attached hydrogens (tertiary/aromatic N) is 1. The molecule has 1 saturated carbocycles. The van der Waals surface area contributed by atoms with Gasteiger partial charge in [-0.1, -0.05) is 11.6 Å². The van der Waals surface area contributed by atoms with Gasteiger partial charge in [0.05, 0.1) is 10.7 Å². The van der Waals surface area contributed by atoms with Crippen molar-refractivity contribution in [1.82, 2.24) is 4.98 Å². The number of aromatic nitrogens is 1. The molecule has 98 valence electrons. The first-order valence-electron chi connectivity index (χ1n) is 5.59. The highest BCUT2D eigenvalue weighted by atomic mass is 35.5. The van der Waals surface area contributed by atoms with E-state index in [0.29, 0.717) is 10.7 Å². The van der Waals surface area contributed by atoms with Crippen molar-refractivity contribution < 1.29 is 18.7 Å². The van der Waals surface area contributed by atoms with Gasteiger partial charge in [0.25, 0.3) is 0 Å². The van der Waals surface area contributed by atoms with Gasteiger partial charge in [-0.05, 0) is 25.0 Å². The maximum absolute atomic E-state index is 13.2. The van der Waals surface area contributed by atoms with Crippen molar-refractivity contribution in [3.63, 3.8) is 0 Å². The lowest BCUT2D eigenvalue weighted by Gasteiger charge is -2.36. The van der Waals surface area contributed by atoms with Crippen LogP contribution in [0.5, 0.6) is 0 Å². The Morgan fingerprint density at radius 3 is 2.33 bits per heavy atom. The molecule has 1 aromatic rings. The Morgan fingerprint density at radius 2 is 1.89 bits per heavy atom. The van der Waals surface area contributed by atoms with Crippen LogP contribution >= 0.6 is 11.6 Å². The van der Waals surface area contributed by atoms with Crippen LogP contribution in [-0.4, -0.2) is 22.0 Å². The van der Waals surface area contributed by atoms with Gasteiger partial charge in [-0.15, -0.1) is 0 Å². The minimum Gasteiger partial charge on any atom is -0.481 e. The Balaban J connectivity index is 2.34. The molecule has 1 N–H and O–H groups in total. The summed E-state index contributed by atoms with van der Waals surface area (Å²) in [5, 5.41) is 9.75. The lowest BCUT2D eigenvalue weighted by atomic mass is 9.70. The summed E-state index contributed by atoms with van der Waals surface area (Å²) < 4.78 is 26.3. The number of carbonyl (C=O) groups is 1. The number of halogens is 3. The minimum atomic E-state index is -2.77. The zero-order chi connectivity index (χ0) is 13.4. The quantitative estimate of drug-likeness (QED) is 0.901. The fourth-order valence-corrected chi connectivity index (χ4v) is 2.39. The predicted molar refractivity (Wildman–Crippen MR) is 62.0 cm³/mol. The monoisotopic (exact) mass is 275 g/mol. The van der Waals surface area contributed by atoms with Gasteiger partial charge in [0.15, 0.2) is 0 Å². The first kappa shape index (κ1) is 13.2. The number of carboxylic acids is 1. The van der Waals surface area contributed by atoms with E-state index < -0.39 is 30.1 Å². The Kier molecular flexibility index (Phi) is 3.27. The molecule has 18 heavy (non-hydrogen) atoms. The first-order valence-corrected chi connectivity index (χ1v) is 5.97. The van der Waals surface area contributed by atoms with Crippen LogP contribution in [0, 0.1) is 0 Å². The van der Waals surface area contributed by atoms with Crippen LogP contribution in [0.3, 0.4) is 0 Å². The van der Waals surface area contributed by atoms with Gasteiger partial charge < -0.3 is 5.11 Å². The average molecular weight is 276 g/mol. The molecule has 6 heteroatoms. The maximum Gasteiger partial charge on any atom is 0.315 e. The normalized spacial score (nSPS) is 21.5. The van der Waals surface area contributed by atoms with Crippen LogP contribution in [0.25, 0.3) is 0 Å². The molecule has 0 bridgehead atoms. The fraction of sp³-hybridized carbons (Fsp3) is 0.500. The lowest BCUT2D eigenvalue weighted by Crippen LogP contribution is -2.43. The summed E-state index contributed by atoms with van der Waals surface area (Å²) in [4.78, 5) is 15.4. The van der Waals surface area contributed by atoms with E-state index in [0.717, 1.165) is 0 Å². The fourth-order valence-electron chi connectivity index (χ4n) is 2.28. The van der Waals surface area contributed by atoms with E-state index >= 15 is 0 Å². The number of aliphatic carboxylic acids is 1. The van der Waals surface area contributed by atoms with Crippen molar-refractivity contribution in [2.45, 2.75) is 37.0 Å². The minimum absolute atomic E-state index is 0.107.